The number of carbonyl (C=O) groups excluding carboxylic acids is 5. The molecular weight excluding hydrogens is 913 g/mol. The third-order valence-electron chi connectivity index (χ3n) is 13.3. The number of anilines is 2. The van der Waals surface area contributed by atoms with E-state index in [9.17, 15) is 43.1 Å². The Kier molecular flexibility index (Phi) is 17.0. The predicted molar refractivity (Wildman–Crippen MR) is 256 cm³/mol. The second-order valence-electron chi connectivity index (χ2n) is 18.3. The number of aldehydes is 1. The fourth-order valence-electron chi connectivity index (χ4n) is 9.06. The molecule has 5 fully saturated rings. The first-order chi connectivity index (χ1) is 33.2. The molecule has 2 atom stereocenters. The molecule has 20 heteroatoms. The Hall–Kier alpha value is -5.98. The summed E-state index contributed by atoms with van der Waals surface area (Å²) < 4.78 is 45.1. The number of fused-ring (bicyclic) bond motifs is 1. The summed E-state index contributed by atoms with van der Waals surface area (Å²) in [5.41, 5.74) is 3.61. The zero-order valence-corrected chi connectivity index (χ0v) is 39.7. The largest absolute Gasteiger partial charge is 0.453 e. The lowest BCUT2D eigenvalue weighted by Crippen LogP contribution is -2.44. The lowest BCUT2D eigenvalue weighted by atomic mass is 9.87. The number of nitrogens with one attached hydrogen (secondary N) is 3. The van der Waals surface area contributed by atoms with Crippen LogP contribution in [-0.4, -0.2) is 132 Å². The monoisotopic (exact) mass is 971 g/mol. The summed E-state index contributed by atoms with van der Waals surface area (Å²) in [7, 11) is 2.11. The van der Waals surface area contributed by atoms with E-state index in [0.29, 0.717) is 75.3 Å². The number of nitrogens with zero attached hydrogens (tertiary/aromatic N) is 6. The number of ether oxygens (including phenoxy) is 2. The molecule has 6 aliphatic heterocycles. The molecule has 0 bridgehead atoms. The highest BCUT2D eigenvalue weighted by atomic mass is 32.2. The minimum absolute atomic E-state index is 0.00875. The summed E-state index contributed by atoms with van der Waals surface area (Å²) in [6.07, 6.45) is 8.50. The first-order valence-corrected chi connectivity index (χ1v) is 24.0. The minimum atomic E-state index is -0.878. The molecule has 17 nitrogen and oxygen atoms in total. The fourth-order valence-corrected chi connectivity index (χ4v) is 9.89. The number of hydrogen-bond acceptors (Lipinski definition) is 15. The Labute approximate surface area is 404 Å². The Morgan fingerprint density at radius 1 is 1.04 bits per heavy atom. The quantitative estimate of drug-likeness (QED) is 0.0552. The predicted octanol–water partition coefficient (Wildman–Crippen LogP) is 5.85. The normalized spacial score (nSPS) is 21.8. The number of imide groups is 1. The molecule has 0 radical (unpaired) electrons. The van der Waals surface area contributed by atoms with Crippen LogP contribution in [0.1, 0.15) is 91.3 Å². The zero-order chi connectivity index (χ0) is 49.1. The van der Waals surface area contributed by atoms with Crippen molar-refractivity contribution in [3.63, 3.8) is 0 Å². The molecule has 6 heterocycles. The Morgan fingerprint density at radius 3 is 2.43 bits per heavy atom. The first kappa shape index (κ1) is 50.9. The van der Waals surface area contributed by atoms with E-state index in [1.807, 2.05) is 35.5 Å². The standard InChI is InChI=1S/C29H34F2N6O3S.C15H18N2O3.C5H7NO2/c1-20-13-23(40-28-24(15-32)27(6-4-25(28)31)34-41-37-10-7-21(30)16-37)3-5-26(20)33-18-36(19-38)22-14-29(39-17-22)8-11-35(2)12-9-29;18-8-5-15(20)3-6-17(7-4-15)12-1-2-13-11(9-12)10-16-14(13)19;7-4-2-1-3-5(8)6-4/h3-6,13,18-19,21-22,34H,7-12,14,16-17H2,1-2H3;1-2,8-9,20H,3-7,10H2,(H,16,19);1-3H2,(H,6,7,8). The van der Waals surface area contributed by atoms with E-state index in [2.05, 4.69) is 37.2 Å². The molecule has 5 saturated heterocycles. The maximum Gasteiger partial charge on any atom is 0.251 e. The number of amides is 4. The summed E-state index contributed by atoms with van der Waals surface area (Å²) in [6, 6.07) is 15.5. The van der Waals surface area contributed by atoms with Crippen LogP contribution in [0.15, 0.2) is 53.5 Å². The molecule has 0 saturated carbocycles. The molecular formula is C49H59F2N9O8S. The van der Waals surface area contributed by atoms with Crippen LogP contribution in [0.5, 0.6) is 11.5 Å². The molecule has 69 heavy (non-hydrogen) atoms. The van der Waals surface area contributed by atoms with Gasteiger partial charge in [-0.05, 0) is 119 Å². The van der Waals surface area contributed by atoms with Crippen LogP contribution in [0.25, 0.3) is 0 Å². The number of aryl methyl sites for hydroxylation is 1. The summed E-state index contributed by atoms with van der Waals surface area (Å²) in [6.45, 7) is 7.19. The second-order valence-corrected chi connectivity index (χ2v) is 19.2. The van der Waals surface area contributed by atoms with Crippen molar-refractivity contribution in [1.29, 1.82) is 5.26 Å². The molecule has 2 unspecified atom stereocenters. The van der Waals surface area contributed by atoms with Crippen molar-refractivity contribution in [2.75, 3.05) is 62.5 Å². The van der Waals surface area contributed by atoms with Crippen molar-refractivity contribution in [2.24, 2.45) is 4.99 Å². The molecule has 1 spiro atoms. The second kappa shape index (κ2) is 23.1. The Bertz CT molecular complexity index is 2430. The number of alkyl halides is 1. The third-order valence-corrected chi connectivity index (χ3v) is 14.2. The molecule has 4 amide bonds. The van der Waals surface area contributed by atoms with Gasteiger partial charge in [0.15, 0.2) is 11.6 Å². The van der Waals surface area contributed by atoms with E-state index < -0.39 is 17.6 Å². The topological polar surface area (TPSA) is 209 Å². The minimum Gasteiger partial charge on any atom is -0.453 e. The molecule has 4 N–H and O–H groups in total. The van der Waals surface area contributed by atoms with Crippen LogP contribution in [0.4, 0.5) is 25.8 Å². The van der Waals surface area contributed by atoms with Gasteiger partial charge in [0.2, 0.25) is 18.2 Å². The third kappa shape index (κ3) is 13.2. The first-order valence-electron chi connectivity index (χ1n) is 23.3. The van der Waals surface area contributed by atoms with Crippen molar-refractivity contribution in [1.82, 2.24) is 24.7 Å². The number of halogens is 2. The van der Waals surface area contributed by atoms with Crippen LogP contribution in [0, 0.1) is 24.1 Å². The average molecular weight is 972 g/mol. The molecule has 3 aromatic rings. The van der Waals surface area contributed by atoms with E-state index >= 15 is 0 Å². The maximum atomic E-state index is 14.8. The Morgan fingerprint density at radius 2 is 1.80 bits per heavy atom. The van der Waals surface area contributed by atoms with E-state index in [4.69, 9.17) is 9.47 Å². The van der Waals surface area contributed by atoms with Gasteiger partial charge in [-0.2, -0.15) is 5.26 Å². The van der Waals surface area contributed by atoms with Gasteiger partial charge < -0.3 is 39.2 Å². The van der Waals surface area contributed by atoms with Crippen molar-refractivity contribution in [3.05, 3.63) is 76.6 Å². The number of hydrogen-bond donors (Lipinski definition) is 4. The van der Waals surface area contributed by atoms with Crippen molar-refractivity contribution in [2.45, 2.75) is 101 Å². The lowest BCUT2D eigenvalue weighted by Gasteiger charge is -2.38. The van der Waals surface area contributed by atoms with Gasteiger partial charge in [0.25, 0.3) is 5.91 Å². The zero-order valence-electron chi connectivity index (χ0n) is 38.9. The Balaban J connectivity index is 0.000000205. The van der Waals surface area contributed by atoms with Gasteiger partial charge in [-0.1, -0.05) is 0 Å². The highest BCUT2D eigenvalue weighted by Crippen LogP contribution is 2.39. The van der Waals surface area contributed by atoms with E-state index in [-0.39, 0.29) is 53.6 Å². The SMILES string of the molecule is Cc1cc(Oc2c(F)ccc(NSN3CCC(F)C3)c2C#N)ccc1N=CN(C=O)C1COC2(CCN(C)CC2)C1.O=C1CCCC(=O)N1.O=CCC1(O)CCN(c2ccc3c(c2)CNC3=O)CC1. The van der Waals surface area contributed by atoms with Crippen molar-refractivity contribution < 1.29 is 47.3 Å². The number of aliphatic hydroxyl groups is 1. The van der Waals surface area contributed by atoms with Gasteiger partial charge in [0.05, 0.1) is 41.6 Å². The highest BCUT2D eigenvalue weighted by molar-refractivity contribution is 7.98. The molecule has 0 aromatic heterocycles. The van der Waals surface area contributed by atoms with Crippen LogP contribution in [0.2, 0.25) is 0 Å². The van der Waals surface area contributed by atoms with Crippen molar-refractivity contribution >= 4 is 66.0 Å². The van der Waals surface area contributed by atoms with Crippen LogP contribution in [-0.2, 0) is 30.5 Å². The van der Waals surface area contributed by atoms with Crippen LogP contribution < -0.4 is 25.0 Å². The number of nitriles is 1. The average Bonchev–Trinajstić information content (AvgIpc) is 4.06. The maximum absolute atomic E-state index is 14.8. The molecule has 6 aliphatic rings. The van der Waals surface area contributed by atoms with Gasteiger partial charge in [-0.3, -0.25) is 29.4 Å². The molecule has 9 rings (SSSR count). The van der Waals surface area contributed by atoms with E-state index in [0.717, 1.165) is 80.5 Å². The number of aliphatic imine (C=N–C) groups is 1. The summed E-state index contributed by atoms with van der Waals surface area (Å²) in [4.78, 5) is 65.3. The highest BCUT2D eigenvalue weighted by Gasteiger charge is 2.44. The smallest absolute Gasteiger partial charge is 0.251 e. The number of likely N-dealkylation sites (tertiary alicyclic amines) is 1. The number of carbonyl (C=O) groups is 5. The van der Waals surface area contributed by atoms with E-state index in [1.165, 1.54) is 30.6 Å². The molecule has 0 aliphatic carbocycles. The summed E-state index contributed by atoms with van der Waals surface area (Å²) >= 11 is 1.18. The summed E-state index contributed by atoms with van der Waals surface area (Å²) in [5, 5.41) is 25.0. The van der Waals surface area contributed by atoms with Crippen LogP contribution in [0.3, 0.4) is 0 Å². The van der Waals surface area contributed by atoms with Gasteiger partial charge in [-0.15, -0.1) is 0 Å². The van der Waals surface area contributed by atoms with Crippen LogP contribution >= 0.6 is 12.1 Å². The van der Waals surface area contributed by atoms with Gasteiger partial charge in [0, 0.05) is 88.5 Å². The molecule has 368 valence electrons. The molecule has 3 aromatic carbocycles. The van der Waals surface area contributed by atoms with E-state index in [1.54, 1.807) is 23.1 Å². The van der Waals surface area contributed by atoms with Gasteiger partial charge in [-0.25, -0.2) is 18.1 Å². The summed E-state index contributed by atoms with van der Waals surface area (Å²) in [5.74, 6) is -0.825. The van der Waals surface area contributed by atoms with Gasteiger partial charge >= 0.3 is 0 Å². The lowest BCUT2D eigenvalue weighted by molar-refractivity contribution is -0.133. The number of piperidine rings is 3. The van der Waals surface area contributed by atoms with Crippen molar-refractivity contribution in [3.8, 4) is 17.6 Å². The number of rotatable bonds is 12. The number of benzene rings is 3. The van der Waals surface area contributed by atoms with Gasteiger partial charge in [0.1, 0.15) is 29.8 Å². The fraction of sp³-hybridized carbons (Fsp3) is 0.490.